The van der Waals surface area contributed by atoms with Crippen LogP contribution in [-0.2, 0) is 15.4 Å². The highest BCUT2D eigenvalue weighted by Crippen LogP contribution is 2.42. The molecule has 0 saturated carbocycles. The van der Waals surface area contributed by atoms with Gasteiger partial charge >= 0.3 is 6.09 Å². The minimum absolute atomic E-state index is 0.595. The molecular weight excluding hydrogens is 389 g/mol. The summed E-state index contributed by atoms with van der Waals surface area (Å²) in [6, 6.07) is 18.4. The van der Waals surface area contributed by atoms with Crippen molar-refractivity contribution in [3.63, 3.8) is 0 Å². The molecule has 2 atom stereocenters. The SMILES string of the molecule is CC/S(=N\C(=O)O[C@@H](c1ccccc1)C(Cl)(Cl)Cl)c1ccccc1. The molecule has 0 aliphatic carbocycles. The van der Waals surface area contributed by atoms with Crippen LogP contribution >= 0.6 is 34.8 Å². The summed E-state index contributed by atoms with van der Waals surface area (Å²) in [7, 11) is -0.603. The van der Waals surface area contributed by atoms with Crippen LogP contribution < -0.4 is 0 Å². The molecule has 0 aromatic heterocycles. The molecule has 2 aromatic carbocycles. The van der Waals surface area contributed by atoms with Gasteiger partial charge in [0.1, 0.15) is 0 Å². The molecule has 0 fully saturated rings. The topological polar surface area (TPSA) is 38.7 Å². The number of amides is 1. The van der Waals surface area contributed by atoms with Gasteiger partial charge in [0.05, 0.1) is 0 Å². The van der Waals surface area contributed by atoms with Crippen molar-refractivity contribution in [3.8, 4) is 0 Å². The van der Waals surface area contributed by atoms with Crippen molar-refractivity contribution < 1.29 is 9.53 Å². The first kappa shape index (κ1) is 19.3. The first-order valence-corrected chi connectivity index (χ1v) is 9.70. The zero-order valence-electron chi connectivity index (χ0n) is 12.9. The van der Waals surface area contributed by atoms with Crippen LogP contribution in [0.1, 0.15) is 18.6 Å². The number of hydrogen-bond acceptors (Lipinski definition) is 2. The maximum atomic E-state index is 12.3. The second kappa shape index (κ2) is 8.86. The smallest absolute Gasteiger partial charge is 0.435 e. The predicted molar refractivity (Wildman–Crippen MR) is 101 cm³/mol. The minimum Gasteiger partial charge on any atom is -0.435 e. The number of carbonyl (C=O) groups is 1. The van der Waals surface area contributed by atoms with Gasteiger partial charge in [-0.25, -0.2) is 4.79 Å². The second-order valence-corrected chi connectivity index (χ2v) is 9.10. The van der Waals surface area contributed by atoms with Gasteiger partial charge in [0.25, 0.3) is 0 Å². The number of alkyl halides is 3. The molecular formula is C17H16Cl3NO2S. The van der Waals surface area contributed by atoms with Gasteiger partial charge in [-0.1, -0.05) is 101 Å². The van der Waals surface area contributed by atoms with E-state index < -0.39 is 26.7 Å². The average molecular weight is 405 g/mol. The highest BCUT2D eigenvalue weighted by Gasteiger charge is 2.37. The van der Waals surface area contributed by atoms with Gasteiger partial charge < -0.3 is 4.74 Å². The molecule has 3 nitrogen and oxygen atoms in total. The summed E-state index contributed by atoms with van der Waals surface area (Å²) in [5.74, 6) is 0.683. The van der Waals surface area contributed by atoms with Crippen LogP contribution in [-0.4, -0.2) is 15.6 Å². The molecule has 1 amide bonds. The van der Waals surface area contributed by atoms with Gasteiger partial charge in [0, 0.05) is 10.6 Å². The molecule has 2 aromatic rings. The third-order valence-corrected chi connectivity index (χ3v) is 5.42. The number of rotatable bonds is 4. The lowest BCUT2D eigenvalue weighted by molar-refractivity contribution is 0.109. The monoisotopic (exact) mass is 403 g/mol. The molecule has 2 rings (SSSR count). The van der Waals surface area contributed by atoms with Gasteiger partial charge in [-0.3, -0.25) is 0 Å². The van der Waals surface area contributed by atoms with E-state index in [2.05, 4.69) is 4.36 Å². The first-order chi connectivity index (χ1) is 11.4. The van der Waals surface area contributed by atoms with Crippen LogP contribution in [0.4, 0.5) is 4.79 Å². The van der Waals surface area contributed by atoms with Crippen molar-refractivity contribution in [1.82, 2.24) is 0 Å². The standard InChI is InChI=1S/C17H16Cl3NO2S/c1-2-24(14-11-7-4-8-12-14)21-16(22)23-15(17(18,19)20)13-9-5-3-6-10-13/h3-12,15H,2H2,1H3/t15-,24?/m0/s1. The molecule has 7 heteroatoms. The van der Waals surface area contributed by atoms with E-state index >= 15 is 0 Å². The van der Waals surface area contributed by atoms with E-state index in [0.717, 1.165) is 4.90 Å². The summed E-state index contributed by atoms with van der Waals surface area (Å²) in [5, 5.41) is 0. The summed E-state index contributed by atoms with van der Waals surface area (Å²) in [6.07, 6.45) is -1.78. The average Bonchev–Trinajstić information content (AvgIpc) is 2.58. The lowest BCUT2D eigenvalue weighted by Crippen LogP contribution is -2.22. The summed E-state index contributed by atoms with van der Waals surface area (Å²) in [5.41, 5.74) is 0.595. The van der Waals surface area contributed by atoms with Gasteiger partial charge in [-0.2, -0.15) is 0 Å². The van der Waals surface area contributed by atoms with Gasteiger partial charge in [-0.15, -0.1) is 4.36 Å². The fourth-order valence-corrected chi connectivity index (χ4v) is 3.80. The Morgan fingerprint density at radius 3 is 2.12 bits per heavy atom. The molecule has 0 heterocycles. The van der Waals surface area contributed by atoms with Crippen molar-refractivity contribution in [2.75, 3.05) is 5.75 Å². The Labute approximate surface area is 159 Å². The second-order valence-electron chi connectivity index (χ2n) is 4.77. The Balaban J connectivity index is 2.23. The number of ether oxygens (including phenoxy) is 1. The molecule has 0 saturated heterocycles. The first-order valence-electron chi connectivity index (χ1n) is 7.22. The van der Waals surface area contributed by atoms with E-state index in [9.17, 15) is 4.79 Å². The zero-order chi connectivity index (χ0) is 17.6. The Morgan fingerprint density at radius 1 is 1.08 bits per heavy atom. The fraction of sp³-hybridized carbons (Fsp3) is 0.235. The Hall–Kier alpha value is -1.07. The Bertz CT molecular complexity index is 703. The molecule has 24 heavy (non-hydrogen) atoms. The van der Waals surface area contributed by atoms with Crippen LogP contribution in [0.5, 0.6) is 0 Å². The normalized spacial score (nSPS) is 14.2. The largest absolute Gasteiger partial charge is 0.440 e. The molecule has 1 unspecified atom stereocenters. The molecule has 0 aliphatic rings. The van der Waals surface area contributed by atoms with Crippen LogP contribution in [0.3, 0.4) is 0 Å². The minimum atomic E-state index is -1.79. The van der Waals surface area contributed by atoms with Crippen molar-refractivity contribution in [2.24, 2.45) is 4.36 Å². The summed E-state index contributed by atoms with van der Waals surface area (Å²) in [4.78, 5) is 13.2. The van der Waals surface area contributed by atoms with E-state index in [0.29, 0.717) is 11.3 Å². The summed E-state index contributed by atoms with van der Waals surface area (Å²) >= 11 is 17.9. The summed E-state index contributed by atoms with van der Waals surface area (Å²) < 4.78 is 7.71. The van der Waals surface area contributed by atoms with Crippen LogP contribution in [0, 0.1) is 0 Å². The number of halogens is 3. The van der Waals surface area contributed by atoms with Crippen molar-refractivity contribution >= 4 is 51.6 Å². The number of nitrogens with zero attached hydrogens (tertiary/aromatic N) is 1. The Kier molecular flexibility index (Phi) is 7.11. The van der Waals surface area contributed by atoms with Gasteiger partial charge in [-0.05, 0) is 17.7 Å². The highest BCUT2D eigenvalue weighted by molar-refractivity contribution is 7.87. The van der Waals surface area contributed by atoms with E-state index in [-0.39, 0.29) is 0 Å². The maximum Gasteiger partial charge on any atom is 0.440 e. The zero-order valence-corrected chi connectivity index (χ0v) is 15.9. The molecule has 0 aliphatic heterocycles. The maximum absolute atomic E-state index is 12.3. The van der Waals surface area contributed by atoms with E-state index in [4.69, 9.17) is 39.5 Å². The number of benzene rings is 2. The predicted octanol–water partition coefficient (Wildman–Crippen LogP) is 6.12. The molecule has 0 N–H and O–H groups in total. The number of hydrogen-bond donors (Lipinski definition) is 0. The Morgan fingerprint density at radius 2 is 1.62 bits per heavy atom. The van der Waals surface area contributed by atoms with Crippen molar-refractivity contribution in [2.45, 2.75) is 21.7 Å². The van der Waals surface area contributed by atoms with Crippen LogP contribution in [0.25, 0.3) is 0 Å². The van der Waals surface area contributed by atoms with E-state index in [1.54, 1.807) is 24.3 Å². The quantitative estimate of drug-likeness (QED) is 0.576. The van der Waals surface area contributed by atoms with Gasteiger partial charge in [0.2, 0.25) is 3.79 Å². The van der Waals surface area contributed by atoms with Gasteiger partial charge in [0.15, 0.2) is 6.10 Å². The third-order valence-electron chi connectivity index (χ3n) is 3.09. The van der Waals surface area contributed by atoms with E-state index in [1.165, 1.54) is 0 Å². The highest BCUT2D eigenvalue weighted by atomic mass is 35.6. The lowest BCUT2D eigenvalue weighted by Gasteiger charge is -2.24. The molecule has 0 spiro atoms. The van der Waals surface area contributed by atoms with E-state index in [1.807, 2.05) is 43.3 Å². The fourth-order valence-electron chi connectivity index (χ4n) is 2.03. The van der Waals surface area contributed by atoms with Crippen LogP contribution in [0.15, 0.2) is 69.9 Å². The lowest BCUT2D eigenvalue weighted by atomic mass is 10.1. The van der Waals surface area contributed by atoms with Crippen molar-refractivity contribution in [3.05, 3.63) is 66.2 Å². The van der Waals surface area contributed by atoms with Crippen LogP contribution in [0.2, 0.25) is 0 Å². The molecule has 0 bridgehead atoms. The van der Waals surface area contributed by atoms with Crippen molar-refractivity contribution in [1.29, 1.82) is 0 Å². The summed E-state index contributed by atoms with van der Waals surface area (Å²) in [6.45, 7) is 1.95. The molecule has 0 radical (unpaired) electrons. The number of carbonyl (C=O) groups excluding carboxylic acids is 1. The molecule has 128 valence electrons. The third kappa shape index (κ3) is 5.49.